The highest BCUT2D eigenvalue weighted by Crippen LogP contribution is 2.28. The van der Waals surface area contributed by atoms with Crippen LogP contribution in [-0.2, 0) is 6.42 Å². The molecule has 20 heavy (non-hydrogen) atoms. The molecule has 0 aliphatic rings. The van der Waals surface area contributed by atoms with Gasteiger partial charge in [0.2, 0.25) is 0 Å². The van der Waals surface area contributed by atoms with E-state index in [9.17, 15) is 0 Å². The molecule has 1 aromatic carbocycles. The minimum atomic E-state index is 0.292. The highest BCUT2D eigenvalue weighted by molar-refractivity contribution is 5.59. The van der Waals surface area contributed by atoms with Crippen molar-refractivity contribution in [2.24, 2.45) is 0 Å². The average molecular weight is 277 g/mol. The third-order valence-corrected chi connectivity index (χ3v) is 3.05. The number of likely N-dealkylation sites (N-methyl/N-ethyl adjacent to an activating group) is 1. The van der Waals surface area contributed by atoms with Gasteiger partial charge in [-0.25, -0.2) is 0 Å². The number of ether oxygens (including phenoxy) is 2. The maximum Gasteiger partial charge on any atom is 0.258 e. The van der Waals surface area contributed by atoms with Crippen molar-refractivity contribution in [3.05, 3.63) is 24.0 Å². The average Bonchev–Trinajstić information content (AvgIpc) is 2.94. The van der Waals surface area contributed by atoms with Crippen molar-refractivity contribution in [1.82, 2.24) is 15.5 Å². The second-order valence-corrected chi connectivity index (χ2v) is 4.51. The van der Waals surface area contributed by atoms with Crippen LogP contribution in [0.3, 0.4) is 0 Å². The molecule has 0 radical (unpaired) electrons. The molecule has 6 heteroatoms. The number of nitrogens with one attached hydrogen (secondary N) is 1. The van der Waals surface area contributed by atoms with Gasteiger partial charge in [0, 0.05) is 24.1 Å². The topological polar surface area (TPSA) is 69.4 Å². The van der Waals surface area contributed by atoms with Crippen LogP contribution in [0, 0.1) is 0 Å². The Labute approximate surface area is 118 Å². The first-order chi connectivity index (χ1) is 9.66. The molecule has 1 N–H and O–H groups in total. The van der Waals surface area contributed by atoms with Crippen LogP contribution in [0.25, 0.3) is 11.5 Å². The summed E-state index contributed by atoms with van der Waals surface area (Å²) in [5.41, 5.74) is 0.775. The Morgan fingerprint density at radius 3 is 2.40 bits per heavy atom. The van der Waals surface area contributed by atoms with Crippen LogP contribution in [-0.4, -0.2) is 37.4 Å². The van der Waals surface area contributed by atoms with Gasteiger partial charge >= 0.3 is 0 Å². The maximum atomic E-state index is 5.30. The predicted molar refractivity (Wildman–Crippen MR) is 75.1 cm³/mol. The summed E-state index contributed by atoms with van der Waals surface area (Å²) < 4.78 is 15.8. The van der Waals surface area contributed by atoms with Gasteiger partial charge in [0.15, 0.2) is 5.82 Å². The van der Waals surface area contributed by atoms with E-state index in [0.29, 0.717) is 35.7 Å². The maximum absolute atomic E-state index is 5.30. The lowest BCUT2D eigenvalue weighted by Crippen LogP contribution is -2.24. The summed E-state index contributed by atoms with van der Waals surface area (Å²) in [7, 11) is 5.11. The minimum absolute atomic E-state index is 0.292. The molecule has 108 valence electrons. The first kappa shape index (κ1) is 14.3. The number of hydrogen-bond donors (Lipinski definition) is 1. The zero-order chi connectivity index (χ0) is 14.5. The van der Waals surface area contributed by atoms with Crippen molar-refractivity contribution in [3.63, 3.8) is 0 Å². The van der Waals surface area contributed by atoms with Crippen LogP contribution >= 0.6 is 0 Å². The Kier molecular flexibility index (Phi) is 4.57. The van der Waals surface area contributed by atoms with Crippen LogP contribution in [0.2, 0.25) is 0 Å². The van der Waals surface area contributed by atoms with E-state index in [0.717, 1.165) is 5.56 Å². The summed E-state index contributed by atoms with van der Waals surface area (Å²) in [6.45, 7) is 2.06. The summed E-state index contributed by atoms with van der Waals surface area (Å²) in [4.78, 5) is 4.39. The standard InChI is InChI=1S/C14H19N3O3/c1-9(15-2)5-13-16-14(20-17-13)10-6-11(18-3)8-12(7-10)19-4/h6-9,15H,5H2,1-4H3. The third kappa shape index (κ3) is 3.27. The van der Waals surface area contributed by atoms with Gasteiger partial charge in [-0.15, -0.1) is 0 Å². The van der Waals surface area contributed by atoms with E-state index in [1.54, 1.807) is 20.3 Å². The largest absolute Gasteiger partial charge is 0.497 e. The van der Waals surface area contributed by atoms with Crippen LogP contribution in [0.1, 0.15) is 12.7 Å². The van der Waals surface area contributed by atoms with Crippen LogP contribution < -0.4 is 14.8 Å². The van der Waals surface area contributed by atoms with Crippen molar-refractivity contribution in [2.45, 2.75) is 19.4 Å². The lowest BCUT2D eigenvalue weighted by atomic mass is 10.2. The van der Waals surface area contributed by atoms with Gasteiger partial charge in [0.05, 0.1) is 14.2 Å². The normalized spacial score (nSPS) is 12.2. The summed E-state index contributed by atoms with van der Waals surface area (Å²) in [5.74, 6) is 2.49. The zero-order valence-electron chi connectivity index (χ0n) is 12.1. The Bertz CT molecular complexity index is 546. The smallest absolute Gasteiger partial charge is 0.258 e. The van der Waals surface area contributed by atoms with Crippen LogP contribution in [0.5, 0.6) is 11.5 Å². The highest BCUT2D eigenvalue weighted by Gasteiger charge is 2.13. The number of rotatable bonds is 6. The molecule has 1 aromatic heterocycles. The van der Waals surface area contributed by atoms with E-state index < -0.39 is 0 Å². The molecule has 1 unspecified atom stereocenters. The Morgan fingerprint density at radius 1 is 1.20 bits per heavy atom. The molecular formula is C14H19N3O3. The van der Waals surface area contributed by atoms with E-state index in [1.165, 1.54) is 0 Å². The Morgan fingerprint density at radius 2 is 1.85 bits per heavy atom. The van der Waals surface area contributed by atoms with Gasteiger partial charge in [0.1, 0.15) is 11.5 Å². The van der Waals surface area contributed by atoms with E-state index in [4.69, 9.17) is 14.0 Å². The molecule has 0 saturated heterocycles. The summed E-state index contributed by atoms with van der Waals surface area (Å²) in [5, 5.41) is 7.12. The van der Waals surface area contributed by atoms with Gasteiger partial charge in [0.25, 0.3) is 5.89 Å². The van der Waals surface area contributed by atoms with E-state index in [2.05, 4.69) is 22.4 Å². The Hall–Kier alpha value is -2.08. The van der Waals surface area contributed by atoms with E-state index >= 15 is 0 Å². The number of methoxy groups -OCH3 is 2. The second-order valence-electron chi connectivity index (χ2n) is 4.51. The lowest BCUT2D eigenvalue weighted by molar-refractivity contribution is 0.392. The molecule has 0 amide bonds. The fraction of sp³-hybridized carbons (Fsp3) is 0.429. The molecule has 1 atom stereocenters. The molecule has 0 saturated carbocycles. The number of nitrogens with zero attached hydrogens (tertiary/aromatic N) is 2. The first-order valence-corrected chi connectivity index (χ1v) is 6.39. The van der Waals surface area contributed by atoms with Crippen molar-refractivity contribution in [2.75, 3.05) is 21.3 Å². The summed E-state index contributed by atoms with van der Waals surface area (Å²) in [6, 6.07) is 5.76. The van der Waals surface area contributed by atoms with E-state index in [1.807, 2.05) is 19.2 Å². The van der Waals surface area contributed by atoms with Gasteiger partial charge in [-0.1, -0.05) is 5.16 Å². The minimum Gasteiger partial charge on any atom is -0.497 e. The molecule has 0 fully saturated rings. The fourth-order valence-electron chi connectivity index (χ4n) is 1.76. The molecular weight excluding hydrogens is 258 g/mol. The number of hydrogen-bond acceptors (Lipinski definition) is 6. The predicted octanol–water partition coefficient (Wildman–Crippen LogP) is 1.90. The molecule has 0 spiro atoms. The van der Waals surface area contributed by atoms with Gasteiger partial charge in [-0.05, 0) is 26.1 Å². The lowest BCUT2D eigenvalue weighted by Gasteiger charge is -2.06. The molecule has 0 aliphatic carbocycles. The monoisotopic (exact) mass is 277 g/mol. The van der Waals surface area contributed by atoms with E-state index in [-0.39, 0.29) is 0 Å². The zero-order valence-corrected chi connectivity index (χ0v) is 12.1. The quantitative estimate of drug-likeness (QED) is 0.869. The molecule has 0 aliphatic heterocycles. The van der Waals surface area contributed by atoms with Crippen LogP contribution in [0.15, 0.2) is 22.7 Å². The van der Waals surface area contributed by atoms with Crippen molar-refractivity contribution in [3.8, 4) is 23.0 Å². The molecule has 0 bridgehead atoms. The molecule has 2 aromatic rings. The number of benzene rings is 1. The first-order valence-electron chi connectivity index (χ1n) is 6.39. The summed E-state index contributed by atoms with van der Waals surface area (Å²) in [6.07, 6.45) is 0.709. The molecule has 6 nitrogen and oxygen atoms in total. The summed E-state index contributed by atoms with van der Waals surface area (Å²) >= 11 is 0. The molecule has 2 rings (SSSR count). The SMILES string of the molecule is CNC(C)Cc1noc(-c2cc(OC)cc(OC)c2)n1. The molecule has 1 heterocycles. The van der Waals surface area contributed by atoms with Crippen molar-refractivity contribution < 1.29 is 14.0 Å². The van der Waals surface area contributed by atoms with Gasteiger partial charge in [-0.3, -0.25) is 0 Å². The highest BCUT2D eigenvalue weighted by atomic mass is 16.5. The van der Waals surface area contributed by atoms with Gasteiger partial charge < -0.3 is 19.3 Å². The van der Waals surface area contributed by atoms with Gasteiger partial charge in [-0.2, -0.15) is 4.98 Å². The fourth-order valence-corrected chi connectivity index (χ4v) is 1.76. The third-order valence-electron chi connectivity index (χ3n) is 3.05. The Balaban J connectivity index is 2.27. The van der Waals surface area contributed by atoms with Crippen LogP contribution in [0.4, 0.5) is 0 Å². The van der Waals surface area contributed by atoms with Crippen molar-refractivity contribution in [1.29, 1.82) is 0 Å². The number of aromatic nitrogens is 2. The second kappa shape index (κ2) is 6.38. The van der Waals surface area contributed by atoms with Crippen molar-refractivity contribution >= 4 is 0 Å².